The van der Waals surface area contributed by atoms with Crippen LogP contribution in [0.2, 0.25) is 0 Å². The Morgan fingerprint density at radius 1 is 0.704 bits per heavy atom. The largest absolute Gasteiger partial charge is 0.313 e. The highest BCUT2D eigenvalue weighted by molar-refractivity contribution is 5.15. The first-order valence-electron chi connectivity index (χ1n) is 11.4. The van der Waals surface area contributed by atoms with Gasteiger partial charge >= 0.3 is 0 Å². The average molecular weight is 376 g/mol. The number of hydrogen-bond acceptors (Lipinski definition) is 1. The Bertz CT molecular complexity index is 452. The minimum Gasteiger partial charge on any atom is -0.313 e. The van der Waals surface area contributed by atoms with Gasteiger partial charge in [-0.05, 0) is 56.3 Å². The third-order valence-corrected chi connectivity index (χ3v) is 5.11. The lowest BCUT2D eigenvalue weighted by Crippen LogP contribution is -2.14. The van der Waals surface area contributed by atoms with Gasteiger partial charge in [-0.15, -0.1) is 0 Å². The summed E-state index contributed by atoms with van der Waals surface area (Å²) in [7, 11) is 0. The van der Waals surface area contributed by atoms with E-state index in [1.165, 1.54) is 102 Å². The van der Waals surface area contributed by atoms with Gasteiger partial charge in [-0.2, -0.15) is 0 Å². The molecule has 1 nitrogen and oxygen atoms in total. The fourth-order valence-electron chi connectivity index (χ4n) is 3.33. The van der Waals surface area contributed by atoms with Crippen molar-refractivity contribution < 1.29 is 4.39 Å². The predicted octanol–water partition coefficient (Wildman–Crippen LogP) is 7.95. The molecule has 27 heavy (non-hydrogen) atoms. The molecule has 0 aliphatic heterocycles. The second-order valence-corrected chi connectivity index (χ2v) is 7.74. The van der Waals surface area contributed by atoms with Crippen LogP contribution < -0.4 is 5.32 Å². The molecule has 0 amide bonds. The SMILES string of the molecule is CCCCCCCCC=CCCCCCCCCNCc1ccc(F)cc1. The maximum absolute atomic E-state index is 12.8. The van der Waals surface area contributed by atoms with E-state index in [2.05, 4.69) is 24.4 Å². The molecule has 0 aliphatic rings. The summed E-state index contributed by atoms with van der Waals surface area (Å²) in [5, 5.41) is 3.44. The quantitative estimate of drug-likeness (QED) is 0.203. The van der Waals surface area contributed by atoms with Crippen molar-refractivity contribution in [2.24, 2.45) is 0 Å². The lowest BCUT2D eigenvalue weighted by molar-refractivity contribution is 0.566. The van der Waals surface area contributed by atoms with Crippen molar-refractivity contribution in [3.63, 3.8) is 0 Å². The molecule has 0 fully saturated rings. The summed E-state index contributed by atoms with van der Waals surface area (Å²) in [5.74, 6) is -0.160. The standard InChI is InChI=1S/C25H42FN/c1-2-3-4-5-6-7-8-9-10-11-12-13-14-15-16-17-22-27-23-24-18-20-25(26)21-19-24/h9-10,18-21,27H,2-8,11-17,22-23H2,1H3. The monoisotopic (exact) mass is 375 g/mol. The minimum atomic E-state index is -0.160. The summed E-state index contributed by atoms with van der Waals surface area (Å²) in [6, 6.07) is 6.76. The molecule has 0 atom stereocenters. The van der Waals surface area contributed by atoms with Gasteiger partial charge in [-0.3, -0.25) is 0 Å². The predicted molar refractivity (Wildman–Crippen MR) is 118 cm³/mol. The summed E-state index contributed by atoms with van der Waals surface area (Å²) >= 11 is 0. The molecule has 2 heteroatoms. The Morgan fingerprint density at radius 2 is 1.22 bits per heavy atom. The summed E-state index contributed by atoms with van der Waals surface area (Å²) in [6.45, 7) is 4.17. The van der Waals surface area contributed by atoms with Gasteiger partial charge in [-0.25, -0.2) is 4.39 Å². The molecule has 0 unspecified atom stereocenters. The van der Waals surface area contributed by atoms with E-state index in [1.54, 1.807) is 0 Å². The van der Waals surface area contributed by atoms with Crippen molar-refractivity contribution in [1.29, 1.82) is 0 Å². The van der Waals surface area contributed by atoms with E-state index in [9.17, 15) is 4.39 Å². The molecule has 1 aromatic carbocycles. The van der Waals surface area contributed by atoms with Crippen LogP contribution in [0.4, 0.5) is 4.39 Å². The second-order valence-electron chi connectivity index (χ2n) is 7.74. The minimum absolute atomic E-state index is 0.160. The van der Waals surface area contributed by atoms with Gasteiger partial charge in [0.25, 0.3) is 0 Å². The van der Waals surface area contributed by atoms with E-state index < -0.39 is 0 Å². The van der Waals surface area contributed by atoms with Gasteiger partial charge < -0.3 is 5.32 Å². The van der Waals surface area contributed by atoms with Crippen molar-refractivity contribution >= 4 is 0 Å². The van der Waals surface area contributed by atoms with Crippen LogP contribution >= 0.6 is 0 Å². The smallest absolute Gasteiger partial charge is 0.123 e. The lowest BCUT2D eigenvalue weighted by Gasteiger charge is -2.05. The molecule has 1 aromatic rings. The van der Waals surface area contributed by atoms with E-state index in [1.807, 2.05) is 12.1 Å². The summed E-state index contributed by atoms with van der Waals surface area (Å²) in [4.78, 5) is 0. The van der Waals surface area contributed by atoms with Crippen molar-refractivity contribution in [2.75, 3.05) is 6.54 Å². The zero-order chi connectivity index (χ0) is 19.4. The van der Waals surface area contributed by atoms with E-state index in [4.69, 9.17) is 0 Å². The molecule has 0 saturated heterocycles. The Hall–Kier alpha value is -1.15. The van der Waals surface area contributed by atoms with E-state index in [0.29, 0.717) is 0 Å². The first-order valence-corrected chi connectivity index (χ1v) is 11.4. The third kappa shape index (κ3) is 15.6. The van der Waals surface area contributed by atoms with E-state index in [0.717, 1.165) is 18.7 Å². The van der Waals surface area contributed by atoms with Crippen LogP contribution in [0.5, 0.6) is 0 Å². The number of unbranched alkanes of at least 4 members (excludes halogenated alkanes) is 12. The molecule has 0 saturated carbocycles. The Labute approximate surface area is 167 Å². The van der Waals surface area contributed by atoms with Crippen LogP contribution in [-0.2, 0) is 6.54 Å². The number of halogens is 1. The van der Waals surface area contributed by atoms with Crippen LogP contribution in [0.3, 0.4) is 0 Å². The Balaban J connectivity index is 1.76. The molecule has 0 bridgehead atoms. The maximum atomic E-state index is 12.8. The third-order valence-electron chi connectivity index (χ3n) is 5.11. The zero-order valence-electron chi connectivity index (χ0n) is 17.7. The number of nitrogens with one attached hydrogen (secondary N) is 1. The van der Waals surface area contributed by atoms with E-state index in [-0.39, 0.29) is 5.82 Å². The molecular weight excluding hydrogens is 333 g/mol. The second kappa shape index (κ2) is 18.2. The fraction of sp³-hybridized carbons (Fsp3) is 0.680. The normalized spacial score (nSPS) is 11.5. The van der Waals surface area contributed by atoms with Gasteiger partial charge in [0.15, 0.2) is 0 Å². The van der Waals surface area contributed by atoms with Gasteiger partial charge in [0.1, 0.15) is 5.82 Å². The first kappa shape index (κ1) is 23.9. The molecule has 0 radical (unpaired) electrons. The average Bonchev–Trinajstić information content (AvgIpc) is 2.68. The van der Waals surface area contributed by atoms with Crippen LogP contribution in [0.25, 0.3) is 0 Å². The van der Waals surface area contributed by atoms with Crippen molar-refractivity contribution in [2.45, 2.75) is 103 Å². The van der Waals surface area contributed by atoms with Gasteiger partial charge in [0, 0.05) is 6.54 Å². The molecule has 0 heterocycles. The number of rotatable bonds is 18. The summed E-state index contributed by atoms with van der Waals surface area (Å²) in [5.41, 5.74) is 1.15. The van der Waals surface area contributed by atoms with Gasteiger partial charge in [-0.1, -0.05) is 89.0 Å². The summed E-state index contributed by atoms with van der Waals surface area (Å²) < 4.78 is 12.8. The summed E-state index contributed by atoms with van der Waals surface area (Å²) in [6.07, 6.45) is 23.7. The maximum Gasteiger partial charge on any atom is 0.123 e. The van der Waals surface area contributed by atoms with Gasteiger partial charge in [0.2, 0.25) is 0 Å². The number of hydrogen-bond donors (Lipinski definition) is 1. The topological polar surface area (TPSA) is 12.0 Å². The number of allylic oxidation sites excluding steroid dienone is 2. The van der Waals surface area contributed by atoms with Crippen LogP contribution in [0.15, 0.2) is 36.4 Å². The van der Waals surface area contributed by atoms with Crippen LogP contribution in [-0.4, -0.2) is 6.54 Å². The van der Waals surface area contributed by atoms with Gasteiger partial charge in [0.05, 0.1) is 0 Å². The van der Waals surface area contributed by atoms with E-state index >= 15 is 0 Å². The molecule has 1 rings (SSSR count). The Morgan fingerprint density at radius 3 is 1.81 bits per heavy atom. The highest BCUT2D eigenvalue weighted by Gasteiger charge is 1.95. The first-order chi connectivity index (χ1) is 13.3. The van der Waals surface area contributed by atoms with Crippen LogP contribution in [0.1, 0.15) is 102 Å². The molecule has 154 valence electrons. The molecule has 0 spiro atoms. The molecule has 0 aromatic heterocycles. The van der Waals surface area contributed by atoms with Crippen LogP contribution in [0, 0.1) is 5.82 Å². The highest BCUT2D eigenvalue weighted by atomic mass is 19.1. The highest BCUT2D eigenvalue weighted by Crippen LogP contribution is 2.10. The number of benzene rings is 1. The zero-order valence-corrected chi connectivity index (χ0v) is 17.7. The van der Waals surface area contributed by atoms with Crippen molar-refractivity contribution in [3.8, 4) is 0 Å². The van der Waals surface area contributed by atoms with Crippen molar-refractivity contribution in [1.82, 2.24) is 5.32 Å². The molecule has 1 N–H and O–H groups in total. The molecule has 0 aliphatic carbocycles. The van der Waals surface area contributed by atoms with Crippen molar-refractivity contribution in [3.05, 3.63) is 47.8 Å². The fourth-order valence-corrected chi connectivity index (χ4v) is 3.33. The Kier molecular flexibility index (Phi) is 16.1. The lowest BCUT2D eigenvalue weighted by atomic mass is 10.1. The molecular formula is C25H42FN.